The van der Waals surface area contributed by atoms with Gasteiger partial charge in [-0.2, -0.15) is 0 Å². The summed E-state index contributed by atoms with van der Waals surface area (Å²) in [6.45, 7) is 18.9. The zero-order chi connectivity index (χ0) is 28.1. The first kappa shape index (κ1) is 29.3. The van der Waals surface area contributed by atoms with Crippen molar-refractivity contribution in [3.63, 3.8) is 0 Å². The van der Waals surface area contributed by atoms with E-state index < -0.39 is 38.7 Å². The third-order valence-electron chi connectivity index (χ3n) is 5.62. The third-order valence-corrected chi connectivity index (χ3v) is 9.01. The largest absolute Gasteiger partial charge is 0.405 e. The molecule has 0 aliphatic heterocycles. The molecule has 0 bridgehead atoms. The summed E-state index contributed by atoms with van der Waals surface area (Å²) in [4.78, 5) is 53.2. The maximum Gasteiger partial charge on any atom is 0.235 e. The Balaban J connectivity index is 2.17. The van der Waals surface area contributed by atoms with Crippen LogP contribution in [-0.2, 0) is 8.85 Å². The van der Waals surface area contributed by atoms with Crippen LogP contribution in [0.2, 0.25) is 39.3 Å². The number of fused-ring (bicyclic) bond motifs is 2. The van der Waals surface area contributed by atoms with Crippen LogP contribution in [0.25, 0.3) is 20.2 Å². The number of rotatable bonds is 8. The summed E-state index contributed by atoms with van der Waals surface area (Å²) in [5, 5.41) is 0.354. The van der Waals surface area contributed by atoms with Crippen LogP contribution in [0.5, 0.6) is 0 Å². The van der Waals surface area contributed by atoms with Crippen LogP contribution >= 0.6 is 11.3 Å². The lowest BCUT2D eigenvalue weighted by Crippen LogP contribution is -2.44. The molecule has 6 nitrogen and oxygen atoms in total. The van der Waals surface area contributed by atoms with Crippen LogP contribution in [0.4, 0.5) is 0 Å². The van der Waals surface area contributed by atoms with E-state index in [1.165, 1.54) is 23.5 Å². The molecule has 1 heterocycles. The summed E-state index contributed by atoms with van der Waals surface area (Å²) >= 11 is 1.27. The third kappa shape index (κ3) is 6.58. The minimum Gasteiger partial charge on any atom is -0.405 e. The predicted molar refractivity (Wildman–Crippen MR) is 158 cm³/mol. The molecule has 198 valence electrons. The van der Waals surface area contributed by atoms with Crippen LogP contribution in [0.3, 0.4) is 0 Å². The van der Waals surface area contributed by atoms with Crippen LogP contribution < -0.4 is 10.9 Å². The molecule has 0 radical (unpaired) electrons. The topological polar surface area (TPSA) is 86.7 Å². The fourth-order valence-corrected chi connectivity index (χ4v) is 8.84. The number of hydrogen-bond donors (Lipinski definition) is 0. The maximum atomic E-state index is 13.3. The Morgan fingerprint density at radius 3 is 1.27 bits per heavy atom. The van der Waals surface area contributed by atoms with Gasteiger partial charge in [0.25, 0.3) is 0 Å². The second-order valence-electron chi connectivity index (χ2n) is 12.3. The van der Waals surface area contributed by atoms with Gasteiger partial charge >= 0.3 is 0 Å². The molecule has 1 aromatic heterocycles. The Bertz CT molecular complexity index is 1410. The van der Waals surface area contributed by atoms with Gasteiger partial charge in [-0.05, 0) is 103 Å². The first-order valence-electron chi connectivity index (χ1n) is 12.3. The minimum absolute atomic E-state index is 0.177. The maximum absolute atomic E-state index is 13.3. The summed E-state index contributed by atoms with van der Waals surface area (Å²) in [6, 6.07) is 9.71. The molecule has 0 amide bonds. The quantitative estimate of drug-likeness (QED) is 0.181. The van der Waals surface area contributed by atoms with E-state index in [1.54, 1.807) is 52.0 Å². The van der Waals surface area contributed by atoms with E-state index in [2.05, 4.69) is 0 Å². The van der Waals surface area contributed by atoms with Gasteiger partial charge in [0.2, 0.25) is 10.9 Å². The van der Waals surface area contributed by atoms with Gasteiger partial charge in [0.1, 0.15) is 11.2 Å². The van der Waals surface area contributed by atoms with Crippen molar-refractivity contribution in [1.29, 1.82) is 0 Å². The van der Waals surface area contributed by atoms with Gasteiger partial charge in [-0.15, -0.1) is 11.3 Å². The van der Waals surface area contributed by atoms with E-state index >= 15 is 0 Å². The number of hydrogen-bond acceptors (Lipinski definition) is 7. The van der Waals surface area contributed by atoms with Gasteiger partial charge in [0.05, 0.1) is 0 Å². The lowest BCUT2D eigenvalue weighted by molar-refractivity contribution is 0.0557. The normalized spacial score (nSPS) is 13.2. The first-order valence-corrected chi connectivity index (χ1v) is 19.9. The van der Waals surface area contributed by atoms with E-state index in [1.807, 2.05) is 39.3 Å². The van der Waals surface area contributed by atoms with Crippen LogP contribution in [0, 0.1) is 0 Å². The smallest absolute Gasteiger partial charge is 0.235 e. The van der Waals surface area contributed by atoms with Crippen LogP contribution in [0.15, 0.2) is 46.0 Å². The Morgan fingerprint density at radius 2 is 0.973 bits per heavy atom. The van der Waals surface area contributed by atoms with Crippen molar-refractivity contribution in [1.82, 2.24) is 0 Å². The number of Topliss-reactive ketones (excluding diaryl/α,β-unsaturated/α-hetero) is 2. The molecule has 2 aromatic carbocycles. The lowest BCUT2D eigenvalue weighted by atomic mass is 9.95. The van der Waals surface area contributed by atoms with Gasteiger partial charge in [0, 0.05) is 31.3 Å². The van der Waals surface area contributed by atoms with E-state index in [4.69, 9.17) is 8.85 Å². The average Bonchev–Trinajstić information content (AvgIpc) is 2.83. The molecule has 0 spiro atoms. The van der Waals surface area contributed by atoms with Gasteiger partial charge < -0.3 is 8.85 Å². The molecule has 9 heteroatoms. The molecule has 3 rings (SSSR count). The van der Waals surface area contributed by atoms with Crippen LogP contribution in [-0.4, -0.2) is 39.4 Å². The number of ketones is 2. The Hall–Kier alpha value is -2.31. The summed E-state index contributed by atoms with van der Waals surface area (Å²) in [6.07, 6.45) is 0. The van der Waals surface area contributed by atoms with Gasteiger partial charge in [-0.1, -0.05) is 0 Å². The lowest BCUT2D eigenvalue weighted by Gasteiger charge is -2.31. The van der Waals surface area contributed by atoms with E-state index in [-0.39, 0.29) is 22.3 Å². The van der Waals surface area contributed by atoms with Crippen molar-refractivity contribution in [2.75, 3.05) is 0 Å². The van der Waals surface area contributed by atoms with E-state index in [0.29, 0.717) is 20.5 Å². The molecule has 0 aliphatic carbocycles. The van der Waals surface area contributed by atoms with Gasteiger partial charge in [-0.3, -0.25) is 19.2 Å². The second kappa shape index (κ2) is 9.78. The highest BCUT2D eigenvalue weighted by Gasteiger charge is 2.36. The molecule has 3 aromatic rings. The molecule has 0 N–H and O–H groups in total. The predicted octanol–water partition coefficient (Wildman–Crippen LogP) is 6.40. The number of carbonyl (C=O) groups excluding carboxylic acids is 2. The van der Waals surface area contributed by atoms with Crippen molar-refractivity contribution in [3.05, 3.63) is 68.0 Å². The molecular formula is C28H36O6SSi2. The standard InChI is InChI=1S/C28H36O6SSi2/c1-27(2,33-36(5,6)7)25(31)17-11-13-21-19(15-17)23(29)24(30)20-16-18(12-14-22(20)35-21)26(32)28(3,4)34-37(8,9)10/h11-16H,1-10H3. The average molecular weight is 557 g/mol. The highest BCUT2D eigenvalue weighted by atomic mass is 32.1. The highest BCUT2D eigenvalue weighted by molar-refractivity contribution is 7.24. The summed E-state index contributed by atoms with van der Waals surface area (Å²) in [5.74, 6) is -0.496. The van der Waals surface area contributed by atoms with Gasteiger partial charge in [0.15, 0.2) is 28.2 Å². The minimum atomic E-state index is -2.01. The summed E-state index contributed by atoms with van der Waals surface area (Å²) < 4.78 is 13.4. The zero-order valence-electron chi connectivity index (χ0n) is 23.3. The molecular weight excluding hydrogens is 521 g/mol. The molecule has 0 unspecified atom stereocenters. The van der Waals surface area contributed by atoms with Crippen molar-refractivity contribution < 1.29 is 18.4 Å². The number of carbonyl (C=O) groups is 2. The molecule has 0 atom stereocenters. The Labute approximate surface area is 223 Å². The highest BCUT2D eigenvalue weighted by Crippen LogP contribution is 2.28. The zero-order valence-corrected chi connectivity index (χ0v) is 26.1. The Kier molecular flexibility index (Phi) is 7.73. The van der Waals surface area contributed by atoms with Crippen LogP contribution in [0.1, 0.15) is 48.4 Å². The summed E-state index contributed by atoms with van der Waals surface area (Å²) in [7, 11) is -4.03. The SMILES string of the molecule is CC(C)(O[Si](C)(C)C)C(=O)c1ccc2sc3ccc(C(=O)C(C)(C)O[Si](C)(C)C)cc3c(=O)c(=O)c2c1. The fourth-order valence-electron chi connectivity index (χ4n) is 4.56. The monoisotopic (exact) mass is 556 g/mol. The summed E-state index contributed by atoms with van der Waals surface area (Å²) in [5.41, 5.74) is -2.91. The molecule has 0 aliphatic rings. The molecule has 0 fully saturated rings. The fraction of sp³-hybridized carbons (Fsp3) is 0.429. The van der Waals surface area contributed by atoms with Crippen molar-refractivity contribution in [2.45, 2.75) is 78.2 Å². The van der Waals surface area contributed by atoms with Crippen molar-refractivity contribution in [3.8, 4) is 0 Å². The van der Waals surface area contributed by atoms with Crippen molar-refractivity contribution in [2.24, 2.45) is 0 Å². The number of benzene rings is 2. The second-order valence-corrected chi connectivity index (χ2v) is 22.2. The molecule has 0 saturated carbocycles. The first-order chi connectivity index (χ1) is 16.7. The molecule has 0 saturated heterocycles. The van der Waals surface area contributed by atoms with Crippen molar-refractivity contribution >= 4 is 59.7 Å². The Morgan fingerprint density at radius 1 is 0.649 bits per heavy atom. The van der Waals surface area contributed by atoms with E-state index in [9.17, 15) is 19.2 Å². The molecule has 37 heavy (non-hydrogen) atoms. The van der Waals surface area contributed by atoms with E-state index in [0.717, 1.165) is 0 Å². The van der Waals surface area contributed by atoms with Gasteiger partial charge in [-0.25, -0.2) is 0 Å².